The zero-order valence-corrected chi connectivity index (χ0v) is 11.1. The second-order valence-electron chi connectivity index (χ2n) is 3.97. The van der Waals surface area contributed by atoms with Gasteiger partial charge in [0.2, 0.25) is 9.84 Å². The fourth-order valence-electron chi connectivity index (χ4n) is 1.67. The Morgan fingerprint density at radius 1 is 1.16 bits per heavy atom. The molecule has 0 aliphatic rings. The van der Waals surface area contributed by atoms with Crippen LogP contribution < -0.4 is 9.47 Å². The van der Waals surface area contributed by atoms with Crippen LogP contribution in [0.5, 0.6) is 5.75 Å². The molecule has 1 aromatic carbocycles. The quantitative estimate of drug-likeness (QED) is 0.625. The van der Waals surface area contributed by atoms with E-state index in [1.807, 2.05) is 0 Å². The van der Waals surface area contributed by atoms with Crippen molar-refractivity contribution in [2.75, 3.05) is 7.11 Å². The zero-order valence-electron chi connectivity index (χ0n) is 10.3. The van der Waals surface area contributed by atoms with E-state index in [2.05, 4.69) is 0 Å². The summed E-state index contributed by atoms with van der Waals surface area (Å²) in [7, 11) is -2.12. The average Bonchev–Trinajstić information content (AvgIpc) is 2.39. The van der Waals surface area contributed by atoms with Crippen LogP contribution in [0.1, 0.15) is 5.56 Å². The Hall–Kier alpha value is -2.08. The summed E-state index contributed by atoms with van der Waals surface area (Å²) in [6.45, 7) is 0. The number of hydrogen-bond donors (Lipinski definition) is 0. The molecule has 100 valence electrons. The van der Waals surface area contributed by atoms with Gasteiger partial charge in [-0.2, -0.15) is 4.73 Å². The summed E-state index contributed by atoms with van der Waals surface area (Å²) in [6.07, 6.45) is 1.17. The number of methoxy groups -OCH3 is 1. The predicted molar refractivity (Wildman–Crippen MR) is 69.3 cm³/mol. The first-order valence-electron chi connectivity index (χ1n) is 5.57. The fraction of sp³-hybridized carbons (Fsp3) is 0.154. The first-order valence-corrected chi connectivity index (χ1v) is 7.22. The molecule has 0 aliphatic heterocycles. The van der Waals surface area contributed by atoms with Gasteiger partial charge in [0, 0.05) is 12.1 Å². The van der Waals surface area contributed by atoms with E-state index < -0.39 is 9.84 Å². The molecular formula is C13H13NO4S. The Bertz CT molecular complexity index is 665. The van der Waals surface area contributed by atoms with E-state index in [0.29, 0.717) is 16.0 Å². The van der Waals surface area contributed by atoms with Gasteiger partial charge in [0.15, 0.2) is 6.20 Å². The number of aromatic nitrogens is 1. The normalized spacial score (nSPS) is 11.2. The molecule has 0 saturated heterocycles. The maximum Gasteiger partial charge on any atom is 0.308 e. The van der Waals surface area contributed by atoms with Crippen molar-refractivity contribution >= 4 is 9.84 Å². The van der Waals surface area contributed by atoms with Crippen LogP contribution in [0, 0.1) is 5.21 Å². The zero-order chi connectivity index (χ0) is 13.9. The Morgan fingerprint density at radius 3 is 2.42 bits per heavy atom. The van der Waals surface area contributed by atoms with Crippen LogP contribution in [0.25, 0.3) is 0 Å². The molecule has 1 heterocycles. The second kappa shape index (κ2) is 5.27. The highest BCUT2D eigenvalue weighted by Gasteiger charge is 2.23. The van der Waals surface area contributed by atoms with E-state index in [1.54, 1.807) is 24.3 Å². The van der Waals surface area contributed by atoms with E-state index in [4.69, 9.17) is 4.74 Å². The lowest BCUT2D eigenvalue weighted by Gasteiger charge is -2.06. The highest BCUT2D eigenvalue weighted by molar-refractivity contribution is 7.90. The summed E-state index contributed by atoms with van der Waals surface area (Å²) in [4.78, 5) is 0. The third-order valence-corrected chi connectivity index (χ3v) is 4.29. The van der Waals surface area contributed by atoms with Crippen LogP contribution in [0.2, 0.25) is 0 Å². The van der Waals surface area contributed by atoms with Gasteiger partial charge in [0.25, 0.3) is 0 Å². The lowest BCUT2D eigenvalue weighted by molar-refractivity contribution is -0.646. The number of benzene rings is 1. The maximum absolute atomic E-state index is 12.1. The first-order chi connectivity index (χ1) is 9.03. The smallest absolute Gasteiger partial charge is 0.308 e. The summed E-state index contributed by atoms with van der Waals surface area (Å²) in [5, 5.41) is 11.2. The molecule has 0 N–H and O–H groups in total. The Labute approximate surface area is 111 Å². The number of nitrogens with zero attached hydrogens (tertiary/aromatic N) is 1. The second-order valence-corrected chi connectivity index (χ2v) is 5.91. The molecule has 0 radical (unpaired) electrons. The van der Waals surface area contributed by atoms with Crippen LogP contribution in [0.3, 0.4) is 0 Å². The number of rotatable bonds is 4. The Kier molecular flexibility index (Phi) is 3.71. The van der Waals surface area contributed by atoms with Gasteiger partial charge < -0.3 is 9.94 Å². The summed E-state index contributed by atoms with van der Waals surface area (Å²) in [6, 6.07) is 11.0. The van der Waals surface area contributed by atoms with Crippen molar-refractivity contribution in [2.24, 2.45) is 0 Å². The van der Waals surface area contributed by atoms with E-state index in [1.165, 1.54) is 31.5 Å². The van der Waals surface area contributed by atoms with E-state index in [-0.39, 0.29) is 10.8 Å². The van der Waals surface area contributed by atoms with Gasteiger partial charge in [-0.05, 0) is 23.8 Å². The van der Waals surface area contributed by atoms with Crippen LogP contribution in [-0.2, 0) is 15.6 Å². The van der Waals surface area contributed by atoms with Gasteiger partial charge in [-0.3, -0.25) is 0 Å². The van der Waals surface area contributed by atoms with Crippen LogP contribution >= 0.6 is 0 Å². The standard InChI is InChI=1S/C13H13NO4S/c1-18-12-7-5-11(6-8-12)10-19(16,17)13-4-2-3-9-14(13)15/h2-9H,10H2,1H3. The molecule has 0 fully saturated rings. The largest absolute Gasteiger partial charge is 0.618 e. The minimum absolute atomic E-state index is 0.219. The number of hydrogen-bond acceptors (Lipinski definition) is 4. The van der Waals surface area contributed by atoms with E-state index in [9.17, 15) is 13.6 Å². The first kappa shape index (κ1) is 13.4. The molecule has 19 heavy (non-hydrogen) atoms. The van der Waals surface area contributed by atoms with Crippen molar-refractivity contribution in [3.05, 3.63) is 59.4 Å². The van der Waals surface area contributed by atoms with Crippen LogP contribution in [-0.4, -0.2) is 15.5 Å². The molecule has 0 aliphatic carbocycles. The van der Waals surface area contributed by atoms with Gasteiger partial charge in [-0.15, -0.1) is 0 Å². The molecule has 0 saturated carbocycles. The SMILES string of the molecule is COc1ccc(CS(=O)(=O)c2cccc[n+]2[O-])cc1. The van der Waals surface area contributed by atoms with Crippen molar-refractivity contribution in [1.29, 1.82) is 0 Å². The Balaban J connectivity index is 2.28. The van der Waals surface area contributed by atoms with Crippen LogP contribution in [0.4, 0.5) is 0 Å². The molecule has 0 atom stereocenters. The number of sulfone groups is 1. The highest BCUT2D eigenvalue weighted by Crippen LogP contribution is 2.16. The molecule has 0 unspecified atom stereocenters. The summed E-state index contributed by atoms with van der Waals surface area (Å²) < 4.78 is 29.6. The molecular weight excluding hydrogens is 266 g/mol. The number of ether oxygens (including phenoxy) is 1. The predicted octanol–water partition coefficient (Wildman–Crippen LogP) is 1.30. The highest BCUT2D eigenvalue weighted by atomic mass is 32.2. The molecule has 0 bridgehead atoms. The molecule has 1 aromatic heterocycles. The summed E-state index contributed by atoms with van der Waals surface area (Å²) in [5.41, 5.74) is 0.602. The molecule has 2 rings (SSSR count). The third kappa shape index (κ3) is 3.03. The minimum atomic E-state index is -3.65. The lowest BCUT2D eigenvalue weighted by Crippen LogP contribution is -2.33. The van der Waals surface area contributed by atoms with Crippen molar-refractivity contribution in [2.45, 2.75) is 10.8 Å². The van der Waals surface area contributed by atoms with E-state index in [0.717, 1.165) is 0 Å². The van der Waals surface area contributed by atoms with Crippen molar-refractivity contribution in [3.8, 4) is 5.75 Å². The fourth-order valence-corrected chi connectivity index (χ4v) is 3.07. The van der Waals surface area contributed by atoms with Crippen molar-refractivity contribution in [3.63, 3.8) is 0 Å². The van der Waals surface area contributed by atoms with Gasteiger partial charge >= 0.3 is 5.03 Å². The molecule has 6 heteroatoms. The monoisotopic (exact) mass is 279 g/mol. The molecule has 0 spiro atoms. The number of pyridine rings is 1. The summed E-state index contributed by atoms with van der Waals surface area (Å²) >= 11 is 0. The van der Waals surface area contributed by atoms with Gasteiger partial charge in [-0.1, -0.05) is 12.1 Å². The van der Waals surface area contributed by atoms with Crippen LogP contribution in [0.15, 0.2) is 53.7 Å². The topological polar surface area (TPSA) is 70.3 Å². The third-order valence-electron chi connectivity index (χ3n) is 2.62. The summed E-state index contributed by atoms with van der Waals surface area (Å²) in [5.74, 6) is 0.434. The minimum Gasteiger partial charge on any atom is -0.618 e. The molecule has 5 nitrogen and oxygen atoms in total. The molecule has 2 aromatic rings. The van der Waals surface area contributed by atoms with Crippen molar-refractivity contribution in [1.82, 2.24) is 0 Å². The lowest BCUT2D eigenvalue weighted by atomic mass is 10.2. The Morgan fingerprint density at radius 2 is 1.84 bits per heavy atom. The average molecular weight is 279 g/mol. The van der Waals surface area contributed by atoms with Gasteiger partial charge in [-0.25, -0.2) is 8.42 Å². The van der Waals surface area contributed by atoms with Gasteiger partial charge in [0.05, 0.1) is 12.9 Å². The van der Waals surface area contributed by atoms with Crippen molar-refractivity contribution < 1.29 is 17.9 Å². The molecule has 0 amide bonds. The maximum atomic E-state index is 12.1. The van der Waals surface area contributed by atoms with Gasteiger partial charge in [0.1, 0.15) is 5.75 Å². The van der Waals surface area contributed by atoms with E-state index >= 15 is 0 Å².